The lowest BCUT2D eigenvalue weighted by Crippen LogP contribution is -2.38. The molecular weight excluding hydrogens is 370 g/mol. The molecule has 146 valence electrons. The second kappa shape index (κ2) is 7.17. The SMILES string of the molecule is O=c1[nH]c(=O)n([C@@H]2O[C@H](CO)[C@@H](O)[C@H]2O)cc1-c1cc(-c2ccccc2)on1. The number of aliphatic hydroxyl groups is 3. The maximum atomic E-state index is 12.3. The van der Waals surface area contributed by atoms with Crippen molar-refractivity contribution in [1.29, 1.82) is 0 Å². The minimum Gasteiger partial charge on any atom is -0.394 e. The maximum absolute atomic E-state index is 12.3. The summed E-state index contributed by atoms with van der Waals surface area (Å²) < 4.78 is 11.6. The third kappa shape index (κ3) is 3.08. The van der Waals surface area contributed by atoms with Crippen LogP contribution in [0.4, 0.5) is 0 Å². The van der Waals surface area contributed by atoms with Crippen LogP contribution in [0.15, 0.2) is 56.7 Å². The Hall–Kier alpha value is -3.05. The number of rotatable bonds is 4. The second-order valence-corrected chi connectivity index (χ2v) is 6.38. The fourth-order valence-electron chi connectivity index (χ4n) is 3.11. The van der Waals surface area contributed by atoms with Gasteiger partial charge in [-0.3, -0.25) is 14.3 Å². The number of H-pyrrole nitrogens is 1. The Morgan fingerprint density at radius 2 is 1.89 bits per heavy atom. The van der Waals surface area contributed by atoms with Gasteiger partial charge in [-0.25, -0.2) is 4.79 Å². The third-order valence-corrected chi connectivity index (χ3v) is 4.60. The zero-order chi connectivity index (χ0) is 19.8. The van der Waals surface area contributed by atoms with Crippen LogP contribution in [-0.4, -0.2) is 54.9 Å². The highest BCUT2D eigenvalue weighted by molar-refractivity contribution is 5.65. The van der Waals surface area contributed by atoms with Gasteiger partial charge in [-0.05, 0) is 0 Å². The summed E-state index contributed by atoms with van der Waals surface area (Å²) in [6.07, 6.45) is -4.01. The van der Waals surface area contributed by atoms with E-state index in [1.807, 2.05) is 30.3 Å². The Morgan fingerprint density at radius 3 is 2.57 bits per heavy atom. The first kappa shape index (κ1) is 18.3. The molecule has 0 bridgehead atoms. The number of ether oxygens (including phenoxy) is 1. The van der Waals surface area contributed by atoms with Gasteiger partial charge in [0, 0.05) is 17.8 Å². The summed E-state index contributed by atoms with van der Waals surface area (Å²) in [5.41, 5.74) is -0.574. The molecule has 4 rings (SSSR count). The number of aromatic amines is 1. The highest BCUT2D eigenvalue weighted by Crippen LogP contribution is 2.29. The van der Waals surface area contributed by atoms with E-state index in [9.17, 15) is 24.9 Å². The Kier molecular flexibility index (Phi) is 4.69. The van der Waals surface area contributed by atoms with Gasteiger partial charge in [-0.15, -0.1) is 0 Å². The lowest BCUT2D eigenvalue weighted by Gasteiger charge is -2.17. The van der Waals surface area contributed by atoms with E-state index >= 15 is 0 Å². The summed E-state index contributed by atoms with van der Waals surface area (Å²) in [4.78, 5) is 26.6. The normalized spacial score (nSPS) is 24.5. The van der Waals surface area contributed by atoms with Crippen LogP contribution in [0.2, 0.25) is 0 Å². The van der Waals surface area contributed by atoms with E-state index in [1.54, 1.807) is 6.07 Å². The number of nitrogens with one attached hydrogen (secondary N) is 1. The highest BCUT2D eigenvalue weighted by atomic mass is 16.6. The van der Waals surface area contributed by atoms with Crippen molar-refractivity contribution >= 4 is 0 Å². The zero-order valence-electron chi connectivity index (χ0n) is 14.4. The number of hydrogen-bond donors (Lipinski definition) is 4. The van der Waals surface area contributed by atoms with Gasteiger partial charge in [-0.1, -0.05) is 35.5 Å². The van der Waals surface area contributed by atoms with Crippen molar-refractivity contribution in [3.8, 4) is 22.6 Å². The molecule has 0 amide bonds. The van der Waals surface area contributed by atoms with E-state index in [0.717, 1.165) is 10.1 Å². The number of hydrogen-bond acceptors (Lipinski definition) is 8. The molecule has 2 aromatic heterocycles. The Bertz CT molecular complexity index is 1090. The molecule has 28 heavy (non-hydrogen) atoms. The average Bonchev–Trinajstić information content (AvgIpc) is 3.29. The molecule has 4 N–H and O–H groups in total. The van der Waals surface area contributed by atoms with E-state index in [0.29, 0.717) is 5.76 Å². The van der Waals surface area contributed by atoms with Crippen LogP contribution in [0.5, 0.6) is 0 Å². The van der Waals surface area contributed by atoms with Crippen LogP contribution in [0, 0.1) is 0 Å². The van der Waals surface area contributed by atoms with E-state index in [2.05, 4.69) is 10.1 Å². The highest BCUT2D eigenvalue weighted by Gasteiger charge is 2.43. The molecule has 0 radical (unpaired) electrons. The molecule has 3 heterocycles. The number of aliphatic hydroxyl groups excluding tert-OH is 3. The third-order valence-electron chi connectivity index (χ3n) is 4.60. The topological polar surface area (TPSA) is 151 Å². The Morgan fingerprint density at radius 1 is 1.14 bits per heavy atom. The van der Waals surface area contributed by atoms with Crippen LogP contribution in [0.25, 0.3) is 22.6 Å². The quantitative estimate of drug-likeness (QED) is 0.466. The average molecular weight is 387 g/mol. The van der Waals surface area contributed by atoms with Gasteiger partial charge in [0.15, 0.2) is 12.0 Å². The van der Waals surface area contributed by atoms with Gasteiger partial charge in [0.05, 0.1) is 12.2 Å². The summed E-state index contributed by atoms with van der Waals surface area (Å²) in [5, 5.41) is 33.1. The molecule has 1 saturated heterocycles. The molecule has 1 aliphatic heterocycles. The molecule has 0 saturated carbocycles. The van der Waals surface area contributed by atoms with E-state index in [-0.39, 0.29) is 11.3 Å². The van der Waals surface area contributed by atoms with Crippen LogP contribution in [0.1, 0.15) is 6.23 Å². The van der Waals surface area contributed by atoms with Gasteiger partial charge >= 0.3 is 5.69 Å². The fourth-order valence-corrected chi connectivity index (χ4v) is 3.11. The molecule has 1 aliphatic rings. The summed E-state index contributed by atoms with van der Waals surface area (Å²) in [6, 6.07) is 10.7. The standard InChI is InChI=1S/C18H17N3O7/c22-8-13-14(23)15(24)17(27-13)21-7-10(16(25)19-18(21)26)11-6-12(28-20-11)9-4-2-1-3-5-9/h1-7,13-15,17,22-24H,8H2,(H,19,25,26)/t13-,14-,15-,17-/m1/s1. The summed E-state index contributed by atoms with van der Waals surface area (Å²) in [7, 11) is 0. The van der Waals surface area contributed by atoms with E-state index in [4.69, 9.17) is 9.26 Å². The molecule has 1 fully saturated rings. The Balaban J connectivity index is 1.74. The van der Waals surface area contributed by atoms with Gasteiger partial charge in [-0.2, -0.15) is 0 Å². The predicted octanol–water partition coefficient (Wildman–Crippen LogP) is -0.530. The molecule has 0 spiro atoms. The molecule has 1 aromatic carbocycles. The minimum atomic E-state index is -1.47. The van der Waals surface area contributed by atoms with Crippen molar-refractivity contribution in [3.05, 3.63) is 63.4 Å². The monoisotopic (exact) mass is 387 g/mol. The van der Waals surface area contributed by atoms with Gasteiger partial charge < -0.3 is 24.6 Å². The summed E-state index contributed by atoms with van der Waals surface area (Å²) in [5.74, 6) is 0.431. The fraction of sp³-hybridized carbons (Fsp3) is 0.278. The number of nitrogens with zero attached hydrogens (tertiary/aromatic N) is 2. The smallest absolute Gasteiger partial charge is 0.330 e. The first-order valence-corrected chi connectivity index (χ1v) is 8.50. The molecule has 0 unspecified atom stereocenters. The van der Waals surface area contributed by atoms with Crippen molar-refractivity contribution in [1.82, 2.24) is 14.7 Å². The van der Waals surface area contributed by atoms with Crippen LogP contribution in [0.3, 0.4) is 0 Å². The van der Waals surface area contributed by atoms with Crippen molar-refractivity contribution in [3.63, 3.8) is 0 Å². The van der Waals surface area contributed by atoms with Gasteiger partial charge in [0.25, 0.3) is 5.56 Å². The molecule has 0 aliphatic carbocycles. The van der Waals surface area contributed by atoms with E-state index < -0.39 is 42.4 Å². The van der Waals surface area contributed by atoms with Crippen molar-refractivity contribution < 1.29 is 24.6 Å². The molecular formula is C18H17N3O7. The van der Waals surface area contributed by atoms with Gasteiger partial charge in [0.2, 0.25) is 0 Å². The molecule has 10 nitrogen and oxygen atoms in total. The summed E-state index contributed by atoms with van der Waals surface area (Å²) >= 11 is 0. The number of benzene rings is 1. The largest absolute Gasteiger partial charge is 0.394 e. The lowest BCUT2D eigenvalue weighted by atomic mass is 10.1. The molecule has 3 aromatic rings. The lowest BCUT2D eigenvalue weighted by molar-refractivity contribution is -0.0549. The maximum Gasteiger partial charge on any atom is 0.330 e. The van der Waals surface area contributed by atoms with Crippen LogP contribution < -0.4 is 11.2 Å². The first-order valence-electron chi connectivity index (χ1n) is 8.50. The second-order valence-electron chi connectivity index (χ2n) is 6.38. The minimum absolute atomic E-state index is 0.0169. The Labute approximate surface area is 157 Å². The van der Waals surface area contributed by atoms with Crippen molar-refractivity contribution in [2.45, 2.75) is 24.5 Å². The van der Waals surface area contributed by atoms with Crippen LogP contribution in [-0.2, 0) is 4.74 Å². The van der Waals surface area contributed by atoms with Crippen molar-refractivity contribution in [2.24, 2.45) is 0 Å². The first-order chi connectivity index (χ1) is 13.5. The van der Waals surface area contributed by atoms with E-state index in [1.165, 1.54) is 6.20 Å². The van der Waals surface area contributed by atoms with Gasteiger partial charge in [0.1, 0.15) is 24.0 Å². The molecule has 4 atom stereocenters. The summed E-state index contributed by atoms with van der Waals surface area (Å²) in [6.45, 7) is -0.538. The zero-order valence-corrected chi connectivity index (χ0v) is 14.4. The number of aromatic nitrogens is 3. The van der Waals surface area contributed by atoms with Crippen molar-refractivity contribution in [2.75, 3.05) is 6.61 Å². The molecule has 10 heteroatoms. The predicted molar refractivity (Wildman–Crippen MR) is 95.3 cm³/mol. The van der Waals surface area contributed by atoms with Crippen LogP contribution >= 0.6 is 0 Å².